The average molecular weight is 258 g/mol. The second-order valence-corrected chi connectivity index (χ2v) is 4.71. The predicted octanol–water partition coefficient (Wildman–Crippen LogP) is 0.108. The van der Waals surface area contributed by atoms with Gasteiger partial charge in [-0.15, -0.1) is 0 Å². The zero-order valence-corrected chi connectivity index (χ0v) is 10.3. The van der Waals surface area contributed by atoms with Crippen molar-refractivity contribution in [2.45, 2.75) is 19.8 Å². The van der Waals surface area contributed by atoms with Crippen molar-refractivity contribution < 1.29 is 29.5 Å². The molecule has 7 heteroatoms. The first-order chi connectivity index (χ1) is 6.83. The van der Waals surface area contributed by atoms with Gasteiger partial charge < -0.3 is 9.80 Å². The van der Waals surface area contributed by atoms with Crippen molar-refractivity contribution in [3.63, 3.8) is 0 Å². The SMILES string of the molecule is CCCCN1C=CN(C)C1.[O]=[Cr](=[O])([OH])[OH]. The van der Waals surface area contributed by atoms with E-state index < -0.39 is 13.6 Å². The molecule has 0 aliphatic carbocycles. The maximum absolute atomic E-state index is 8.82. The number of nitrogens with zero attached hydrogens (tertiary/aromatic N) is 2. The van der Waals surface area contributed by atoms with Crippen LogP contribution in [0.3, 0.4) is 0 Å². The molecule has 0 saturated heterocycles. The van der Waals surface area contributed by atoms with E-state index in [9.17, 15) is 0 Å². The summed E-state index contributed by atoms with van der Waals surface area (Å²) in [6.45, 7) is 4.50. The zero-order chi connectivity index (χ0) is 11.9. The summed E-state index contributed by atoms with van der Waals surface area (Å²) >= 11 is -5.25. The third-order valence-corrected chi connectivity index (χ3v) is 1.74. The quantitative estimate of drug-likeness (QED) is 0.747. The third kappa shape index (κ3) is 11.3. The molecular weight excluding hydrogens is 240 g/mol. The number of unbranched alkanes of at least 4 members (excludes halogenated alkanes) is 1. The van der Waals surface area contributed by atoms with Gasteiger partial charge in [0.1, 0.15) is 0 Å². The molecule has 1 heterocycles. The topological polar surface area (TPSA) is 81.1 Å². The number of hydrogen-bond acceptors (Lipinski definition) is 4. The van der Waals surface area contributed by atoms with E-state index in [4.69, 9.17) is 15.9 Å². The summed E-state index contributed by atoms with van der Waals surface area (Å²) in [5.41, 5.74) is 0. The maximum atomic E-state index is 8.82. The van der Waals surface area contributed by atoms with Crippen molar-refractivity contribution in [1.29, 1.82) is 0 Å². The van der Waals surface area contributed by atoms with Gasteiger partial charge in [0.2, 0.25) is 0 Å². The molecule has 0 aromatic carbocycles. The summed E-state index contributed by atoms with van der Waals surface area (Å²) < 4.78 is 31.9. The minimum atomic E-state index is -5.25. The van der Waals surface area contributed by atoms with E-state index in [-0.39, 0.29) is 0 Å². The van der Waals surface area contributed by atoms with Crippen LogP contribution in [0.25, 0.3) is 0 Å². The van der Waals surface area contributed by atoms with Crippen LogP contribution in [0.2, 0.25) is 0 Å². The molecule has 0 bridgehead atoms. The van der Waals surface area contributed by atoms with Crippen LogP contribution in [-0.2, 0) is 21.2 Å². The summed E-state index contributed by atoms with van der Waals surface area (Å²) in [7, 11) is 2.10. The van der Waals surface area contributed by atoms with Gasteiger partial charge in [0, 0.05) is 26.0 Å². The van der Waals surface area contributed by atoms with Gasteiger partial charge in [-0.25, -0.2) is 0 Å². The van der Waals surface area contributed by atoms with Crippen LogP contribution >= 0.6 is 0 Å². The first-order valence-corrected chi connectivity index (χ1v) is 6.83. The first-order valence-electron chi connectivity index (χ1n) is 4.65. The standard InChI is InChI=1S/C8H16N2.Cr.2H2O.2O/c1-3-4-5-10-7-6-9(2)8-10;;;;;/h6-7H,3-5,8H2,1-2H3;;2*1H2;;/q;+2;;;;/p-2. The molecule has 0 fully saturated rings. The van der Waals surface area contributed by atoms with Gasteiger partial charge >= 0.3 is 29.5 Å². The van der Waals surface area contributed by atoms with Crippen molar-refractivity contribution in [3.8, 4) is 0 Å². The van der Waals surface area contributed by atoms with Crippen LogP contribution in [0, 0.1) is 0 Å². The molecule has 0 aromatic rings. The fraction of sp³-hybridized carbons (Fsp3) is 0.750. The molecule has 0 saturated carbocycles. The number of hydrogen-bond donors (Lipinski definition) is 2. The second-order valence-electron chi connectivity index (χ2n) is 3.31. The molecule has 0 unspecified atom stereocenters. The van der Waals surface area contributed by atoms with Gasteiger partial charge in [-0.1, -0.05) is 13.3 Å². The average Bonchev–Trinajstić information content (AvgIpc) is 2.45. The molecule has 0 spiro atoms. The van der Waals surface area contributed by atoms with E-state index in [2.05, 4.69) is 36.2 Å². The van der Waals surface area contributed by atoms with Crippen LogP contribution in [0.5, 0.6) is 0 Å². The van der Waals surface area contributed by atoms with Crippen molar-refractivity contribution in [3.05, 3.63) is 12.4 Å². The van der Waals surface area contributed by atoms with Gasteiger partial charge in [-0.3, -0.25) is 0 Å². The van der Waals surface area contributed by atoms with Crippen LogP contribution in [0.4, 0.5) is 0 Å². The Labute approximate surface area is 92.2 Å². The Morgan fingerprint density at radius 1 is 1.33 bits per heavy atom. The molecule has 2 N–H and O–H groups in total. The van der Waals surface area contributed by atoms with Crippen LogP contribution in [0.15, 0.2) is 12.4 Å². The minimum absolute atomic E-state index is 1.07. The summed E-state index contributed by atoms with van der Waals surface area (Å²) in [4.78, 5) is 4.53. The van der Waals surface area contributed by atoms with E-state index in [1.165, 1.54) is 19.4 Å². The number of rotatable bonds is 3. The zero-order valence-electron chi connectivity index (χ0n) is 9.00. The third-order valence-electron chi connectivity index (χ3n) is 1.74. The Kier molecular flexibility index (Phi) is 6.52. The first kappa shape index (κ1) is 14.4. The monoisotopic (exact) mass is 258 g/mol. The Morgan fingerprint density at radius 3 is 2.20 bits per heavy atom. The van der Waals surface area contributed by atoms with Crippen LogP contribution in [0.1, 0.15) is 19.8 Å². The van der Waals surface area contributed by atoms with Gasteiger partial charge in [0.25, 0.3) is 0 Å². The normalized spacial score (nSPS) is 15.2. The molecular formula is C8H18CrN2O4. The molecule has 6 nitrogen and oxygen atoms in total. The van der Waals surface area contributed by atoms with Crippen molar-refractivity contribution in [2.75, 3.05) is 20.3 Å². The fourth-order valence-electron chi connectivity index (χ4n) is 1.10. The van der Waals surface area contributed by atoms with Crippen LogP contribution in [-0.4, -0.2) is 38.4 Å². The summed E-state index contributed by atoms with van der Waals surface area (Å²) in [6, 6.07) is 0. The van der Waals surface area contributed by atoms with Crippen molar-refractivity contribution in [2.24, 2.45) is 0 Å². The van der Waals surface area contributed by atoms with E-state index in [0.29, 0.717) is 0 Å². The fourth-order valence-corrected chi connectivity index (χ4v) is 1.10. The van der Waals surface area contributed by atoms with Gasteiger partial charge in [0.15, 0.2) is 0 Å². The second kappa shape index (κ2) is 6.80. The summed E-state index contributed by atoms with van der Waals surface area (Å²) in [5, 5.41) is 0. The molecule has 1 aliphatic rings. The predicted molar refractivity (Wildman–Crippen MR) is 49.2 cm³/mol. The Hall–Kier alpha value is -0.608. The molecule has 0 radical (unpaired) electrons. The summed E-state index contributed by atoms with van der Waals surface area (Å²) in [6.07, 6.45) is 6.87. The van der Waals surface area contributed by atoms with Crippen molar-refractivity contribution in [1.82, 2.24) is 9.80 Å². The van der Waals surface area contributed by atoms with E-state index >= 15 is 0 Å². The van der Waals surface area contributed by atoms with Gasteiger partial charge in [0.05, 0.1) is 6.67 Å². The van der Waals surface area contributed by atoms with Crippen molar-refractivity contribution >= 4 is 0 Å². The Morgan fingerprint density at radius 2 is 1.87 bits per heavy atom. The van der Waals surface area contributed by atoms with Crippen LogP contribution < -0.4 is 0 Å². The molecule has 15 heavy (non-hydrogen) atoms. The van der Waals surface area contributed by atoms with E-state index in [1.54, 1.807) is 0 Å². The van der Waals surface area contributed by atoms with E-state index in [1.807, 2.05) is 0 Å². The Bertz CT molecular complexity index is 281. The van der Waals surface area contributed by atoms with E-state index in [0.717, 1.165) is 6.67 Å². The van der Waals surface area contributed by atoms with Gasteiger partial charge in [-0.2, -0.15) is 0 Å². The van der Waals surface area contributed by atoms with Gasteiger partial charge in [-0.05, 0) is 6.42 Å². The molecule has 0 aromatic heterocycles. The molecule has 0 atom stereocenters. The molecule has 90 valence electrons. The molecule has 1 aliphatic heterocycles. The molecule has 0 amide bonds. The summed E-state index contributed by atoms with van der Waals surface area (Å²) in [5.74, 6) is 0. The Balaban J connectivity index is 0.000000336. The molecule has 1 rings (SSSR count).